The number of benzene rings is 1. The summed E-state index contributed by atoms with van der Waals surface area (Å²) in [4.78, 5) is 11.7. The third kappa shape index (κ3) is 6.49. The molecule has 2 nitrogen and oxygen atoms in total. The minimum absolute atomic E-state index is 0.0564. The fourth-order valence-corrected chi connectivity index (χ4v) is 2.49. The first-order chi connectivity index (χ1) is 7.87. The number of carbonyl (C=O) groups is 1. The molecule has 1 aromatic rings. The second-order valence-corrected chi connectivity index (χ2v) is 7.02. The molecule has 17 heavy (non-hydrogen) atoms. The molecule has 0 heterocycles. The van der Waals surface area contributed by atoms with Gasteiger partial charge in [0.25, 0.3) is 0 Å². The Labute approximate surface area is 107 Å². The lowest BCUT2D eigenvalue weighted by atomic mass is 10.1. The van der Waals surface area contributed by atoms with Crippen LogP contribution in [0, 0.1) is 0 Å². The fourth-order valence-electron chi connectivity index (χ4n) is 1.53. The van der Waals surface area contributed by atoms with E-state index in [1.54, 1.807) is 0 Å². The number of rotatable bonds is 4. The molecule has 0 spiro atoms. The Morgan fingerprint density at radius 2 is 1.88 bits per heavy atom. The van der Waals surface area contributed by atoms with Crippen molar-refractivity contribution in [2.24, 2.45) is 0 Å². The van der Waals surface area contributed by atoms with Crippen LogP contribution in [-0.2, 0) is 11.2 Å². The molecule has 1 aromatic carbocycles. The quantitative estimate of drug-likeness (QED) is 0.895. The van der Waals surface area contributed by atoms with Crippen molar-refractivity contribution in [3.8, 4) is 0 Å². The van der Waals surface area contributed by atoms with E-state index in [1.807, 2.05) is 51.1 Å². The van der Waals surface area contributed by atoms with Crippen molar-refractivity contribution in [2.75, 3.05) is 0 Å². The lowest BCUT2D eigenvalue weighted by Gasteiger charge is -2.17. The third-order valence-electron chi connectivity index (χ3n) is 2.14. The van der Waals surface area contributed by atoms with Gasteiger partial charge in [0, 0.05) is 11.2 Å². The first kappa shape index (κ1) is 14.3. The third-order valence-corrected chi connectivity index (χ3v) is 3.14. The van der Waals surface area contributed by atoms with Crippen LogP contribution in [0.4, 0.5) is 0 Å². The van der Waals surface area contributed by atoms with Crippen LogP contribution in [-0.4, -0.2) is 21.1 Å². The normalized spacial score (nSPS) is 13.4. The van der Waals surface area contributed by atoms with Gasteiger partial charge in [-0.2, -0.15) is 0 Å². The van der Waals surface area contributed by atoms with Crippen molar-refractivity contribution in [3.63, 3.8) is 0 Å². The second-order valence-electron chi connectivity index (χ2n) is 5.13. The maximum absolute atomic E-state index is 11.7. The number of hydrogen-bond donors (Lipinski definition) is 1. The average molecular weight is 252 g/mol. The highest BCUT2D eigenvalue weighted by atomic mass is 32.2. The summed E-state index contributed by atoms with van der Waals surface area (Å²) >= 11 is 1.30. The highest BCUT2D eigenvalue weighted by molar-refractivity contribution is 8.14. The summed E-state index contributed by atoms with van der Waals surface area (Å²) in [6.45, 7) is 6.00. The number of hydrogen-bond acceptors (Lipinski definition) is 3. The first-order valence-electron chi connectivity index (χ1n) is 5.80. The molecule has 0 aliphatic heterocycles. The Hall–Kier alpha value is -0.800. The molecule has 0 saturated carbocycles. The molecule has 0 fully saturated rings. The van der Waals surface area contributed by atoms with Crippen molar-refractivity contribution >= 4 is 16.9 Å². The minimum Gasteiger partial charge on any atom is -0.392 e. The van der Waals surface area contributed by atoms with Crippen molar-refractivity contribution in [2.45, 2.75) is 44.5 Å². The zero-order valence-corrected chi connectivity index (χ0v) is 11.5. The minimum atomic E-state index is -0.584. The van der Waals surface area contributed by atoms with E-state index in [2.05, 4.69) is 0 Å². The predicted octanol–water partition coefficient (Wildman–Crippen LogP) is 3.04. The maximum Gasteiger partial charge on any atom is 0.192 e. The van der Waals surface area contributed by atoms with E-state index in [0.717, 1.165) is 5.56 Å². The predicted molar refractivity (Wildman–Crippen MR) is 73.1 cm³/mol. The van der Waals surface area contributed by atoms with Gasteiger partial charge in [-0.25, -0.2) is 0 Å². The Bertz CT molecular complexity index is 354. The van der Waals surface area contributed by atoms with Gasteiger partial charge < -0.3 is 5.11 Å². The molecular weight excluding hydrogens is 232 g/mol. The Morgan fingerprint density at radius 1 is 1.29 bits per heavy atom. The summed E-state index contributed by atoms with van der Waals surface area (Å²) in [6, 6.07) is 9.74. The molecule has 0 amide bonds. The van der Waals surface area contributed by atoms with Gasteiger partial charge in [0.05, 0.1) is 6.10 Å². The summed E-state index contributed by atoms with van der Waals surface area (Å²) in [5.41, 5.74) is 1.06. The van der Waals surface area contributed by atoms with Gasteiger partial charge in [-0.15, -0.1) is 0 Å². The molecule has 0 unspecified atom stereocenters. The van der Waals surface area contributed by atoms with Crippen molar-refractivity contribution < 1.29 is 9.90 Å². The fraction of sp³-hybridized carbons (Fsp3) is 0.500. The van der Waals surface area contributed by atoms with E-state index in [-0.39, 0.29) is 16.3 Å². The van der Waals surface area contributed by atoms with Crippen LogP contribution in [0.5, 0.6) is 0 Å². The van der Waals surface area contributed by atoms with Crippen LogP contribution < -0.4 is 0 Å². The molecule has 0 aliphatic carbocycles. The lowest BCUT2D eigenvalue weighted by molar-refractivity contribution is -0.112. The van der Waals surface area contributed by atoms with Crippen LogP contribution in [0.2, 0.25) is 0 Å². The standard InChI is InChI=1S/C14H20O2S/c1-14(2,3)17-13(16)10-12(15)9-11-7-5-4-6-8-11/h4-8,12,15H,9-10H2,1-3H3/t12-/m0/s1. The van der Waals surface area contributed by atoms with Gasteiger partial charge in [0.2, 0.25) is 0 Å². The summed E-state index contributed by atoms with van der Waals surface area (Å²) in [5, 5.41) is 9.89. The van der Waals surface area contributed by atoms with Gasteiger partial charge in [0.1, 0.15) is 0 Å². The lowest BCUT2D eigenvalue weighted by Crippen LogP contribution is -2.18. The molecular formula is C14H20O2S. The Balaban J connectivity index is 2.40. The summed E-state index contributed by atoms with van der Waals surface area (Å²) in [7, 11) is 0. The molecule has 1 rings (SSSR count). The van der Waals surface area contributed by atoms with Crippen LogP contribution >= 0.6 is 11.8 Å². The van der Waals surface area contributed by atoms with Gasteiger partial charge >= 0.3 is 0 Å². The Kier molecular flexibility index (Phi) is 5.22. The van der Waals surface area contributed by atoms with Gasteiger partial charge in [-0.05, 0) is 12.0 Å². The number of thioether (sulfide) groups is 1. The summed E-state index contributed by atoms with van der Waals surface area (Å²) in [6.07, 6.45) is 0.174. The zero-order valence-electron chi connectivity index (χ0n) is 10.6. The molecule has 1 atom stereocenters. The average Bonchev–Trinajstić information content (AvgIpc) is 2.15. The molecule has 0 aromatic heterocycles. The van der Waals surface area contributed by atoms with Crippen LogP contribution in [0.3, 0.4) is 0 Å². The van der Waals surface area contributed by atoms with Gasteiger partial charge in [0.15, 0.2) is 5.12 Å². The number of aliphatic hydroxyl groups is 1. The largest absolute Gasteiger partial charge is 0.392 e. The highest BCUT2D eigenvalue weighted by Crippen LogP contribution is 2.25. The zero-order chi connectivity index (χ0) is 12.9. The van der Waals surface area contributed by atoms with E-state index in [4.69, 9.17) is 0 Å². The SMILES string of the molecule is CC(C)(C)SC(=O)C[C@@H](O)Cc1ccccc1. The van der Waals surface area contributed by atoms with Gasteiger partial charge in [-0.1, -0.05) is 62.9 Å². The van der Waals surface area contributed by atoms with E-state index >= 15 is 0 Å². The van der Waals surface area contributed by atoms with E-state index in [1.165, 1.54) is 11.8 Å². The summed E-state index contributed by atoms with van der Waals surface area (Å²) < 4.78 is -0.0798. The van der Waals surface area contributed by atoms with Crippen molar-refractivity contribution in [3.05, 3.63) is 35.9 Å². The molecule has 1 N–H and O–H groups in total. The first-order valence-corrected chi connectivity index (χ1v) is 6.62. The molecule has 3 heteroatoms. The number of carbonyl (C=O) groups excluding carboxylic acids is 1. The molecule has 0 radical (unpaired) electrons. The molecule has 0 bridgehead atoms. The second kappa shape index (κ2) is 6.22. The Morgan fingerprint density at radius 3 is 2.41 bits per heavy atom. The smallest absolute Gasteiger partial charge is 0.192 e. The van der Waals surface area contributed by atoms with Crippen molar-refractivity contribution in [1.29, 1.82) is 0 Å². The molecule has 0 aliphatic rings. The summed E-state index contributed by atoms with van der Waals surface area (Å²) in [5.74, 6) is 0. The van der Waals surface area contributed by atoms with Crippen LogP contribution in [0.1, 0.15) is 32.8 Å². The van der Waals surface area contributed by atoms with E-state index in [9.17, 15) is 9.90 Å². The maximum atomic E-state index is 11.7. The highest BCUT2D eigenvalue weighted by Gasteiger charge is 2.19. The van der Waals surface area contributed by atoms with Crippen LogP contribution in [0.15, 0.2) is 30.3 Å². The van der Waals surface area contributed by atoms with E-state index < -0.39 is 6.10 Å². The topological polar surface area (TPSA) is 37.3 Å². The van der Waals surface area contributed by atoms with Gasteiger partial charge in [-0.3, -0.25) is 4.79 Å². The van der Waals surface area contributed by atoms with E-state index in [0.29, 0.717) is 6.42 Å². The molecule has 0 saturated heterocycles. The monoisotopic (exact) mass is 252 g/mol. The molecule has 94 valence electrons. The van der Waals surface area contributed by atoms with Crippen LogP contribution in [0.25, 0.3) is 0 Å². The van der Waals surface area contributed by atoms with Crippen molar-refractivity contribution in [1.82, 2.24) is 0 Å². The number of aliphatic hydroxyl groups excluding tert-OH is 1.